The predicted molar refractivity (Wildman–Crippen MR) is 110 cm³/mol. The van der Waals surface area contributed by atoms with E-state index in [4.69, 9.17) is 11.6 Å². The number of hydrogen-bond acceptors (Lipinski definition) is 4. The van der Waals surface area contributed by atoms with Gasteiger partial charge in [0.15, 0.2) is 5.13 Å². The monoisotopic (exact) mass is 452 g/mol. The lowest BCUT2D eigenvalue weighted by Gasteiger charge is -2.18. The standard InChI is InChI=1S/C18H14BrClN2OS2/c1-12(23)22(16-4-2-3-14(20)9-16)18-21-15(11-25-18)10-24-17-7-5-13(19)6-8-17/h2-9,11H,10H2,1H3. The number of carbonyl (C=O) groups excluding carboxylic acids is 1. The van der Waals surface area contributed by atoms with Gasteiger partial charge in [-0.25, -0.2) is 4.98 Å². The van der Waals surface area contributed by atoms with Crippen molar-refractivity contribution in [2.45, 2.75) is 17.6 Å². The molecule has 0 fully saturated rings. The van der Waals surface area contributed by atoms with Crippen molar-refractivity contribution in [1.29, 1.82) is 0 Å². The van der Waals surface area contributed by atoms with E-state index in [0.717, 1.165) is 21.6 Å². The van der Waals surface area contributed by atoms with Gasteiger partial charge in [0.25, 0.3) is 0 Å². The van der Waals surface area contributed by atoms with Gasteiger partial charge in [-0.05, 0) is 42.5 Å². The number of halogens is 2. The van der Waals surface area contributed by atoms with Crippen molar-refractivity contribution in [3.8, 4) is 0 Å². The molecule has 7 heteroatoms. The Morgan fingerprint density at radius 3 is 2.72 bits per heavy atom. The number of aromatic nitrogens is 1. The van der Waals surface area contributed by atoms with Gasteiger partial charge >= 0.3 is 0 Å². The van der Waals surface area contributed by atoms with Crippen LogP contribution in [0.1, 0.15) is 12.6 Å². The van der Waals surface area contributed by atoms with Crippen LogP contribution in [0.3, 0.4) is 0 Å². The largest absolute Gasteiger partial charge is 0.274 e. The molecule has 3 aromatic rings. The molecule has 3 nitrogen and oxygen atoms in total. The van der Waals surface area contributed by atoms with Crippen LogP contribution in [0.2, 0.25) is 5.02 Å². The zero-order valence-corrected chi connectivity index (χ0v) is 17.3. The number of hydrogen-bond donors (Lipinski definition) is 0. The smallest absolute Gasteiger partial charge is 0.230 e. The Kier molecular flexibility index (Phi) is 6.17. The summed E-state index contributed by atoms with van der Waals surface area (Å²) in [5.74, 6) is 0.656. The molecule has 0 unspecified atom stereocenters. The Hall–Kier alpha value is -1.34. The predicted octanol–water partition coefficient (Wildman–Crippen LogP) is 6.54. The summed E-state index contributed by atoms with van der Waals surface area (Å²) in [6.07, 6.45) is 0. The number of amides is 1. The summed E-state index contributed by atoms with van der Waals surface area (Å²) in [6.45, 7) is 1.53. The third kappa shape index (κ3) is 4.85. The maximum Gasteiger partial charge on any atom is 0.230 e. The van der Waals surface area contributed by atoms with Gasteiger partial charge in [0, 0.05) is 32.4 Å². The fourth-order valence-electron chi connectivity index (χ4n) is 2.20. The molecule has 0 aliphatic heterocycles. The molecule has 1 heterocycles. The van der Waals surface area contributed by atoms with Crippen LogP contribution in [-0.2, 0) is 10.5 Å². The summed E-state index contributed by atoms with van der Waals surface area (Å²) in [7, 11) is 0. The normalized spacial score (nSPS) is 10.7. The molecule has 3 rings (SSSR count). The minimum Gasteiger partial charge on any atom is -0.274 e. The van der Waals surface area contributed by atoms with Gasteiger partial charge in [0.1, 0.15) is 0 Å². The zero-order valence-electron chi connectivity index (χ0n) is 13.3. The van der Waals surface area contributed by atoms with Crippen LogP contribution in [0.4, 0.5) is 10.8 Å². The highest BCUT2D eigenvalue weighted by Gasteiger charge is 2.18. The molecule has 25 heavy (non-hydrogen) atoms. The van der Waals surface area contributed by atoms with E-state index in [9.17, 15) is 4.79 Å². The lowest BCUT2D eigenvalue weighted by atomic mass is 10.3. The fraction of sp³-hybridized carbons (Fsp3) is 0.111. The molecule has 1 aromatic heterocycles. The first kappa shape index (κ1) is 18.5. The highest BCUT2D eigenvalue weighted by atomic mass is 79.9. The Bertz CT molecular complexity index is 883. The third-order valence-corrected chi connectivity index (χ3v) is 6.00. The molecule has 0 saturated carbocycles. The Balaban J connectivity index is 1.76. The molecule has 2 aromatic carbocycles. The van der Waals surface area contributed by atoms with Gasteiger partial charge in [-0.15, -0.1) is 23.1 Å². The number of thioether (sulfide) groups is 1. The van der Waals surface area contributed by atoms with Crippen LogP contribution < -0.4 is 4.90 Å². The molecule has 0 radical (unpaired) electrons. The molecule has 128 valence electrons. The molecule has 0 saturated heterocycles. The van der Waals surface area contributed by atoms with E-state index in [1.807, 2.05) is 29.6 Å². The van der Waals surface area contributed by atoms with Crippen LogP contribution in [0.15, 0.2) is 63.3 Å². The van der Waals surface area contributed by atoms with Crippen molar-refractivity contribution >= 4 is 67.4 Å². The zero-order chi connectivity index (χ0) is 17.8. The van der Waals surface area contributed by atoms with Crippen molar-refractivity contribution in [2.24, 2.45) is 0 Å². The van der Waals surface area contributed by atoms with Crippen LogP contribution in [-0.4, -0.2) is 10.9 Å². The van der Waals surface area contributed by atoms with E-state index < -0.39 is 0 Å². The van der Waals surface area contributed by atoms with Crippen molar-refractivity contribution < 1.29 is 4.79 Å². The molecule has 0 spiro atoms. The molecular formula is C18H14BrClN2OS2. The average molecular weight is 454 g/mol. The van der Waals surface area contributed by atoms with Crippen LogP contribution in [0.5, 0.6) is 0 Å². The first-order valence-electron chi connectivity index (χ1n) is 7.42. The number of rotatable bonds is 5. The molecule has 0 bridgehead atoms. The fourth-order valence-corrected chi connectivity index (χ4v) is 4.43. The Morgan fingerprint density at radius 1 is 1.28 bits per heavy atom. The summed E-state index contributed by atoms with van der Waals surface area (Å²) >= 11 is 12.7. The van der Waals surface area contributed by atoms with Gasteiger partial charge in [0.2, 0.25) is 5.91 Å². The third-order valence-electron chi connectivity index (χ3n) is 3.31. The molecule has 0 aliphatic carbocycles. The van der Waals surface area contributed by atoms with E-state index in [2.05, 4.69) is 33.0 Å². The van der Waals surface area contributed by atoms with Crippen LogP contribution in [0, 0.1) is 0 Å². The number of anilines is 2. The lowest BCUT2D eigenvalue weighted by Crippen LogP contribution is -2.22. The quantitative estimate of drug-likeness (QED) is 0.411. The van der Waals surface area contributed by atoms with Gasteiger partial charge in [-0.2, -0.15) is 0 Å². The second kappa shape index (κ2) is 8.36. The highest BCUT2D eigenvalue weighted by Crippen LogP contribution is 2.32. The summed E-state index contributed by atoms with van der Waals surface area (Å²) < 4.78 is 1.06. The second-order valence-electron chi connectivity index (χ2n) is 5.20. The van der Waals surface area contributed by atoms with Gasteiger partial charge in [0.05, 0.1) is 11.4 Å². The van der Waals surface area contributed by atoms with Crippen molar-refractivity contribution in [3.05, 3.63) is 69.1 Å². The summed E-state index contributed by atoms with van der Waals surface area (Å²) in [5.41, 5.74) is 1.67. The first-order chi connectivity index (χ1) is 12.0. The van der Waals surface area contributed by atoms with Crippen molar-refractivity contribution in [3.63, 3.8) is 0 Å². The molecular weight excluding hydrogens is 440 g/mol. The Labute approximate surface area is 168 Å². The van der Waals surface area contributed by atoms with Crippen molar-refractivity contribution in [2.75, 3.05) is 4.90 Å². The van der Waals surface area contributed by atoms with Gasteiger partial charge in [-0.3, -0.25) is 9.69 Å². The van der Waals surface area contributed by atoms with Crippen molar-refractivity contribution in [1.82, 2.24) is 4.98 Å². The van der Waals surface area contributed by atoms with E-state index in [1.54, 1.807) is 28.8 Å². The maximum atomic E-state index is 12.1. The van der Waals surface area contributed by atoms with E-state index in [1.165, 1.54) is 23.2 Å². The number of nitrogens with zero attached hydrogens (tertiary/aromatic N) is 2. The van der Waals surface area contributed by atoms with Crippen LogP contribution in [0.25, 0.3) is 0 Å². The maximum absolute atomic E-state index is 12.1. The van der Waals surface area contributed by atoms with E-state index >= 15 is 0 Å². The topological polar surface area (TPSA) is 33.2 Å². The summed E-state index contributed by atoms with van der Waals surface area (Å²) in [5, 5.41) is 3.23. The SMILES string of the molecule is CC(=O)N(c1cccc(Cl)c1)c1nc(CSc2ccc(Br)cc2)cs1. The number of carbonyl (C=O) groups is 1. The first-order valence-corrected chi connectivity index (χ1v) is 10.5. The van der Waals surface area contributed by atoms with E-state index in [-0.39, 0.29) is 5.91 Å². The molecule has 0 atom stereocenters. The van der Waals surface area contributed by atoms with Gasteiger partial charge in [-0.1, -0.05) is 33.6 Å². The highest BCUT2D eigenvalue weighted by molar-refractivity contribution is 9.10. The number of thiazole rings is 1. The summed E-state index contributed by atoms with van der Waals surface area (Å²) in [6, 6.07) is 15.4. The average Bonchev–Trinajstić information content (AvgIpc) is 3.03. The minimum absolute atomic E-state index is 0.0938. The molecule has 0 N–H and O–H groups in total. The van der Waals surface area contributed by atoms with Gasteiger partial charge < -0.3 is 0 Å². The second-order valence-corrected chi connectivity index (χ2v) is 8.44. The minimum atomic E-state index is -0.0938. The lowest BCUT2D eigenvalue weighted by molar-refractivity contribution is -0.115. The summed E-state index contributed by atoms with van der Waals surface area (Å²) in [4.78, 5) is 19.5. The molecule has 1 amide bonds. The van der Waals surface area contributed by atoms with Crippen LogP contribution >= 0.6 is 50.6 Å². The van der Waals surface area contributed by atoms with E-state index in [0.29, 0.717) is 10.2 Å². The Morgan fingerprint density at radius 2 is 2.04 bits per heavy atom. The molecule has 0 aliphatic rings. The number of benzene rings is 2.